The van der Waals surface area contributed by atoms with Crippen LogP contribution < -0.4 is 0 Å². The van der Waals surface area contributed by atoms with E-state index in [0.29, 0.717) is 45.8 Å². The molecule has 5 rings (SSSR count). The molecule has 0 radical (unpaired) electrons. The number of amides is 1. The maximum atomic E-state index is 13.2. The zero-order valence-corrected chi connectivity index (χ0v) is 16.0. The fourth-order valence-corrected chi connectivity index (χ4v) is 5.01. The summed E-state index contributed by atoms with van der Waals surface area (Å²) < 4.78 is 18.4. The molecule has 1 amide bonds. The second-order valence-corrected chi connectivity index (χ2v) is 7.97. The van der Waals surface area contributed by atoms with Crippen LogP contribution in [0.25, 0.3) is 16.5 Å². The molecule has 1 aliphatic carbocycles. The van der Waals surface area contributed by atoms with Gasteiger partial charge in [0.2, 0.25) is 5.91 Å². The van der Waals surface area contributed by atoms with E-state index in [1.807, 2.05) is 4.90 Å². The number of benzene rings is 1. The number of nitrogens with zero attached hydrogens (tertiary/aromatic N) is 2. The number of ether oxygens (including phenoxy) is 1. The number of hydrogen-bond donors (Lipinski definition) is 1. The van der Waals surface area contributed by atoms with Crippen molar-refractivity contribution in [1.82, 2.24) is 14.8 Å². The van der Waals surface area contributed by atoms with E-state index in [-0.39, 0.29) is 24.5 Å². The van der Waals surface area contributed by atoms with Crippen molar-refractivity contribution in [2.75, 3.05) is 46.1 Å². The average molecular weight is 383 g/mol. The van der Waals surface area contributed by atoms with Crippen molar-refractivity contribution < 1.29 is 13.9 Å². The molecule has 2 atom stereocenters. The lowest BCUT2D eigenvalue weighted by Crippen LogP contribution is -2.51. The SMILES string of the molecule is O=C([C@@H]1C=C2c3cccc4[nH]cc(c34)CC2N(CCCF)C1)N1CCOCC1. The summed E-state index contributed by atoms with van der Waals surface area (Å²) in [5, 5.41) is 1.27. The van der Waals surface area contributed by atoms with Gasteiger partial charge in [-0.2, -0.15) is 0 Å². The third-order valence-corrected chi connectivity index (χ3v) is 6.34. The molecule has 1 fully saturated rings. The quantitative estimate of drug-likeness (QED) is 0.883. The van der Waals surface area contributed by atoms with Crippen LogP contribution in [0.15, 0.2) is 30.5 Å². The van der Waals surface area contributed by atoms with Crippen molar-refractivity contribution in [3.8, 4) is 0 Å². The van der Waals surface area contributed by atoms with Crippen molar-refractivity contribution >= 4 is 22.4 Å². The maximum Gasteiger partial charge on any atom is 0.230 e. The molecule has 1 saturated heterocycles. The molecular formula is C22H26FN3O2. The van der Waals surface area contributed by atoms with Crippen molar-refractivity contribution in [1.29, 1.82) is 0 Å². The Labute approximate surface area is 164 Å². The third-order valence-electron chi connectivity index (χ3n) is 6.34. The first-order valence-corrected chi connectivity index (χ1v) is 10.2. The Morgan fingerprint density at radius 3 is 2.96 bits per heavy atom. The highest BCUT2D eigenvalue weighted by molar-refractivity contribution is 5.99. The molecule has 3 aliphatic rings. The number of aromatic amines is 1. The van der Waals surface area contributed by atoms with Crippen molar-refractivity contribution in [2.24, 2.45) is 5.92 Å². The maximum absolute atomic E-state index is 13.2. The van der Waals surface area contributed by atoms with Crippen LogP contribution in [0, 0.1) is 5.92 Å². The van der Waals surface area contributed by atoms with Gasteiger partial charge in [-0.05, 0) is 35.6 Å². The largest absolute Gasteiger partial charge is 0.378 e. The topological polar surface area (TPSA) is 48.6 Å². The standard InChI is InChI=1S/C22H26FN3O2/c23-5-2-6-26-14-16(22(27)25-7-9-28-10-8-25)11-18-17-3-1-4-19-21(17)15(13-24-19)12-20(18)26/h1,3-4,11,13,16,20,24H,2,5-10,12,14H2/t16-,20?/m1/s1. The van der Waals surface area contributed by atoms with Gasteiger partial charge in [0.15, 0.2) is 0 Å². The minimum Gasteiger partial charge on any atom is -0.378 e. The van der Waals surface area contributed by atoms with Gasteiger partial charge in [0.05, 0.1) is 25.8 Å². The van der Waals surface area contributed by atoms with Crippen molar-refractivity contribution in [3.05, 3.63) is 41.6 Å². The molecule has 2 aromatic rings. The number of rotatable bonds is 4. The zero-order valence-electron chi connectivity index (χ0n) is 16.0. The van der Waals surface area contributed by atoms with E-state index in [1.165, 1.54) is 22.1 Å². The molecule has 148 valence electrons. The summed E-state index contributed by atoms with van der Waals surface area (Å²) in [5.74, 6) is -0.00810. The minimum atomic E-state index is -0.324. The molecule has 0 saturated carbocycles. The summed E-state index contributed by atoms with van der Waals surface area (Å²) in [6.07, 6.45) is 5.71. The number of nitrogens with one attached hydrogen (secondary N) is 1. The van der Waals surface area contributed by atoms with Gasteiger partial charge in [0.1, 0.15) is 0 Å². The van der Waals surface area contributed by atoms with E-state index >= 15 is 0 Å². The molecule has 3 heterocycles. The third kappa shape index (κ3) is 2.95. The highest BCUT2D eigenvalue weighted by Gasteiger charge is 2.38. The molecule has 0 spiro atoms. The normalized spacial score (nSPS) is 24.9. The zero-order chi connectivity index (χ0) is 19.1. The van der Waals surface area contributed by atoms with Crippen LogP contribution in [0.5, 0.6) is 0 Å². The van der Waals surface area contributed by atoms with Crippen LogP contribution in [0.4, 0.5) is 4.39 Å². The second kappa shape index (κ2) is 7.33. The number of carbonyl (C=O) groups is 1. The Morgan fingerprint density at radius 2 is 2.14 bits per heavy atom. The number of aromatic nitrogens is 1. The van der Waals surface area contributed by atoms with Gasteiger partial charge in [-0.1, -0.05) is 18.2 Å². The first kappa shape index (κ1) is 17.9. The molecule has 0 bridgehead atoms. The molecule has 5 nitrogen and oxygen atoms in total. The predicted molar refractivity (Wildman–Crippen MR) is 107 cm³/mol. The number of morpholine rings is 1. The molecule has 1 N–H and O–H groups in total. The number of H-pyrrole nitrogens is 1. The molecule has 6 heteroatoms. The summed E-state index contributed by atoms with van der Waals surface area (Å²) in [6, 6.07) is 6.55. The number of carbonyl (C=O) groups excluding carboxylic acids is 1. The van der Waals surface area contributed by atoms with E-state index in [0.717, 1.165) is 11.9 Å². The van der Waals surface area contributed by atoms with Crippen LogP contribution in [0.1, 0.15) is 17.5 Å². The van der Waals surface area contributed by atoms with Crippen LogP contribution >= 0.6 is 0 Å². The van der Waals surface area contributed by atoms with E-state index < -0.39 is 0 Å². The van der Waals surface area contributed by atoms with Crippen LogP contribution in [-0.2, 0) is 16.0 Å². The molecule has 1 aromatic carbocycles. The van der Waals surface area contributed by atoms with Crippen LogP contribution in [-0.4, -0.2) is 72.8 Å². The fraction of sp³-hybridized carbons (Fsp3) is 0.500. The number of fused-ring (bicyclic) bond motifs is 2. The Hall–Kier alpha value is -2.18. The monoisotopic (exact) mass is 383 g/mol. The lowest BCUT2D eigenvalue weighted by Gasteiger charge is -2.42. The Bertz CT molecular complexity index is 916. The van der Waals surface area contributed by atoms with Crippen LogP contribution in [0.2, 0.25) is 0 Å². The molecule has 1 unspecified atom stereocenters. The van der Waals surface area contributed by atoms with E-state index in [1.54, 1.807) is 0 Å². The van der Waals surface area contributed by atoms with E-state index in [2.05, 4.69) is 40.4 Å². The van der Waals surface area contributed by atoms with Crippen molar-refractivity contribution in [3.63, 3.8) is 0 Å². The Morgan fingerprint density at radius 1 is 1.29 bits per heavy atom. The summed E-state index contributed by atoms with van der Waals surface area (Å²) in [4.78, 5) is 20.8. The van der Waals surface area contributed by atoms with Gasteiger partial charge in [0.25, 0.3) is 0 Å². The van der Waals surface area contributed by atoms with Gasteiger partial charge in [-0.25, -0.2) is 0 Å². The first-order valence-electron chi connectivity index (χ1n) is 10.2. The van der Waals surface area contributed by atoms with E-state index in [4.69, 9.17) is 4.74 Å². The number of alkyl halides is 1. The Kier molecular flexibility index (Phi) is 4.69. The van der Waals surface area contributed by atoms with Crippen molar-refractivity contribution in [2.45, 2.75) is 18.9 Å². The highest BCUT2D eigenvalue weighted by Crippen LogP contribution is 2.41. The summed E-state index contributed by atoms with van der Waals surface area (Å²) in [7, 11) is 0. The fourth-order valence-electron chi connectivity index (χ4n) is 5.01. The Balaban J connectivity index is 1.54. The lowest BCUT2D eigenvalue weighted by atomic mass is 9.79. The highest BCUT2D eigenvalue weighted by atomic mass is 19.1. The van der Waals surface area contributed by atoms with Gasteiger partial charge in [0, 0.05) is 49.3 Å². The van der Waals surface area contributed by atoms with E-state index in [9.17, 15) is 9.18 Å². The lowest BCUT2D eigenvalue weighted by molar-refractivity contribution is -0.139. The summed E-state index contributed by atoms with van der Waals surface area (Å²) >= 11 is 0. The predicted octanol–water partition coefficient (Wildman–Crippen LogP) is 2.63. The number of hydrogen-bond acceptors (Lipinski definition) is 3. The second-order valence-electron chi connectivity index (χ2n) is 7.97. The summed E-state index contributed by atoms with van der Waals surface area (Å²) in [6.45, 7) is 3.55. The molecule has 1 aromatic heterocycles. The van der Waals surface area contributed by atoms with Crippen LogP contribution in [0.3, 0.4) is 0 Å². The minimum absolute atomic E-state index is 0.173. The van der Waals surface area contributed by atoms with Gasteiger partial charge < -0.3 is 14.6 Å². The van der Waals surface area contributed by atoms with Gasteiger partial charge in [-0.15, -0.1) is 0 Å². The molecular weight excluding hydrogens is 357 g/mol. The smallest absolute Gasteiger partial charge is 0.230 e. The van der Waals surface area contributed by atoms with Gasteiger partial charge in [-0.3, -0.25) is 14.1 Å². The first-order chi connectivity index (χ1) is 13.8. The average Bonchev–Trinajstić information content (AvgIpc) is 3.16. The summed E-state index contributed by atoms with van der Waals surface area (Å²) in [5.41, 5.74) is 4.91. The van der Waals surface area contributed by atoms with Gasteiger partial charge >= 0.3 is 0 Å². The molecule has 28 heavy (non-hydrogen) atoms. The molecule has 2 aliphatic heterocycles. The number of halogens is 1.